The lowest BCUT2D eigenvalue weighted by Gasteiger charge is -2.34. The molecule has 0 bridgehead atoms. The minimum absolute atomic E-state index is 0.0359. The van der Waals surface area contributed by atoms with E-state index in [1.807, 2.05) is 0 Å². The monoisotopic (exact) mass is 426 g/mol. The Balaban J connectivity index is 1.73. The number of hydrogen-bond donors (Lipinski definition) is 0. The number of hydrogen-bond acceptors (Lipinski definition) is 5. The third-order valence-corrected chi connectivity index (χ3v) is 6.55. The van der Waals surface area contributed by atoms with Crippen LogP contribution in [0, 0.1) is 11.6 Å². The van der Waals surface area contributed by atoms with Crippen LogP contribution in [0.1, 0.15) is 10.4 Å². The van der Waals surface area contributed by atoms with Gasteiger partial charge in [0, 0.05) is 37.8 Å². The Labute approximate surface area is 167 Å². The molecule has 1 saturated heterocycles. The average molecular weight is 426 g/mol. The number of sulfonamides is 1. The molecule has 0 radical (unpaired) electrons. The highest BCUT2D eigenvalue weighted by Crippen LogP contribution is 2.25. The summed E-state index contributed by atoms with van der Waals surface area (Å²) in [5.74, 6) is -1.70. The SMILES string of the molecule is COc1cc(OC)cc(C(=O)N2CCN(S(=O)(=O)c3ccc(F)c(F)c3)CC2)c1. The highest BCUT2D eigenvalue weighted by atomic mass is 32.2. The van der Waals surface area contributed by atoms with Gasteiger partial charge in [-0.25, -0.2) is 17.2 Å². The van der Waals surface area contributed by atoms with E-state index < -0.39 is 21.7 Å². The first kappa shape index (κ1) is 21.0. The van der Waals surface area contributed by atoms with Crippen molar-refractivity contribution in [1.82, 2.24) is 9.21 Å². The first-order chi connectivity index (χ1) is 13.8. The number of halogens is 2. The van der Waals surface area contributed by atoms with Crippen LogP contribution in [0.3, 0.4) is 0 Å². The molecule has 156 valence electrons. The fourth-order valence-electron chi connectivity index (χ4n) is 3.03. The first-order valence-electron chi connectivity index (χ1n) is 8.74. The molecule has 1 heterocycles. The van der Waals surface area contributed by atoms with Crippen LogP contribution in [-0.4, -0.2) is 63.9 Å². The summed E-state index contributed by atoms with van der Waals surface area (Å²) in [6.07, 6.45) is 0. The molecule has 1 aliphatic heterocycles. The van der Waals surface area contributed by atoms with Gasteiger partial charge in [0.15, 0.2) is 11.6 Å². The second kappa shape index (κ2) is 8.34. The standard InChI is InChI=1S/C19H20F2N2O5S/c1-27-14-9-13(10-15(11-14)28-2)19(24)22-5-7-23(8-6-22)29(25,26)16-3-4-17(20)18(21)12-16/h3-4,9-12H,5-8H2,1-2H3. The maximum atomic E-state index is 13.4. The van der Waals surface area contributed by atoms with Crippen LogP contribution in [-0.2, 0) is 10.0 Å². The van der Waals surface area contributed by atoms with Crippen molar-refractivity contribution in [2.24, 2.45) is 0 Å². The molecule has 0 N–H and O–H groups in total. The fourth-order valence-corrected chi connectivity index (χ4v) is 4.47. The predicted molar refractivity (Wildman–Crippen MR) is 101 cm³/mol. The molecule has 29 heavy (non-hydrogen) atoms. The van der Waals surface area contributed by atoms with Gasteiger partial charge < -0.3 is 14.4 Å². The highest BCUT2D eigenvalue weighted by Gasteiger charge is 2.31. The molecular weight excluding hydrogens is 406 g/mol. The number of carbonyl (C=O) groups is 1. The summed E-state index contributed by atoms with van der Waals surface area (Å²) in [7, 11) is -1.03. The quantitative estimate of drug-likeness (QED) is 0.732. The molecule has 0 saturated carbocycles. The van der Waals surface area contributed by atoms with Crippen molar-refractivity contribution in [2.45, 2.75) is 4.90 Å². The van der Waals surface area contributed by atoms with Crippen molar-refractivity contribution in [3.05, 3.63) is 53.6 Å². The van der Waals surface area contributed by atoms with Crippen molar-refractivity contribution < 1.29 is 31.5 Å². The zero-order valence-electron chi connectivity index (χ0n) is 15.9. The lowest BCUT2D eigenvalue weighted by atomic mass is 10.1. The van der Waals surface area contributed by atoms with E-state index in [2.05, 4.69) is 0 Å². The minimum atomic E-state index is -3.99. The molecule has 3 rings (SSSR count). The van der Waals surface area contributed by atoms with Crippen LogP contribution >= 0.6 is 0 Å². The second-order valence-electron chi connectivity index (χ2n) is 6.37. The van der Waals surface area contributed by atoms with Gasteiger partial charge in [0.25, 0.3) is 5.91 Å². The molecule has 0 aromatic heterocycles. The van der Waals surface area contributed by atoms with E-state index in [0.29, 0.717) is 23.1 Å². The number of rotatable bonds is 5. The largest absolute Gasteiger partial charge is 0.497 e. The van der Waals surface area contributed by atoms with E-state index in [0.717, 1.165) is 16.4 Å². The normalized spacial score (nSPS) is 15.2. The van der Waals surface area contributed by atoms with Crippen LogP contribution in [0.25, 0.3) is 0 Å². The van der Waals surface area contributed by atoms with Gasteiger partial charge >= 0.3 is 0 Å². The first-order valence-corrected chi connectivity index (χ1v) is 10.2. The Bertz CT molecular complexity index is 999. The number of piperazine rings is 1. The Morgan fingerprint density at radius 2 is 1.48 bits per heavy atom. The molecule has 7 nitrogen and oxygen atoms in total. The summed E-state index contributed by atoms with van der Waals surface area (Å²) < 4.78 is 63.3. The number of methoxy groups -OCH3 is 2. The molecule has 10 heteroatoms. The van der Waals surface area contributed by atoms with Crippen LogP contribution < -0.4 is 9.47 Å². The van der Waals surface area contributed by atoms with Crippen LogP contribution in [0.5, 0.6) is 11.5 Å². The van der Waals surface area contributed by atoms with Gasteiger partial charge in [0.2, 0.25) is 10.0 Å². The summed E-state index contributed by atoms with van der Waals surface area (Å²) in [6.45, 7) is 0.380. The van der Waals surface area contributed by atoms with Crippen LogP contribution in [0.15, 0.2) is 41.3 Å². The van der Waals surface area contributed by atoms with Gasteiger partial charge in [0.1, 0.15) is 11.5 Å². The van der Waals surface area contributed by atoms with Crippen LogP contribution in [0.4, 0.5) is 8.78 Å². The zero-order chi connectivity index (χ0) is 21.2. The van der Waals surface area contributed by atoms with Gasteiger partial charge in [-0.05, 0) is 30.3 Å². The Kier molecular flexibility index (Phi) is 6.04. The van der Waals surface area contributed by atoms with E-state index in [1.54, 1.807) is 18.2 Å². The van der Waals surface area contributed by atoms with Crippen molar-refractivity contribution in [1.29, 1.82) is 0 Å². The second-order valence-corrected chi connectivity index (χ2v) is 8.31. The van der Waals surface area contributed by atoms with Crippen molar-refractivity contribution in [3.8, 4) is 11.5 Å². The molecule has 1 amide bonds. The fraction of sp³-hybridized carbons (Fsp3) is 0.316. The number of benzene rings is 2. The highest BCUT2D eigenvalue weighted by molar-refractivity contribution is 7.89. The number of nitrogens with zero attached hydrogens (tertiary/aromatic N) is 2. The van der Waals surface area contributed by atoms with E-state index in [-0.39, 0.29) is 37.0 Å². The number of carbonyl (C=O) groups excluding carboxylic acids is 1. The maximum Gasteiger partial charge on any atom is 0.254 e. The van der Waals surface area contributed by atoms with Gasteiger partial charge in [-0.15, -0.1) is 0 Å². The van der Waals surface area contributed by atoms with E-state index in [1.165, 1.54) is 19.1 Å². The number of ether oxygens (including phenoxy) is 2. The van der Waals surface area contributed by atoms with Gasteiger partial charge in [0.05, 0.1) is 19.1 Å². The maximum absolute atomic E-state index is 13.4. The van der Waals surface area contributed by atoms with Gasteiger partial charge in [-0.1, -0.05) is 0 Å². The number of amides is 1. The van der Waals surface area contributed by atoms with E-state index in [4.69, 9.17) is 9.47 Å². The molecular formula is C19H20F2N2O5S. The van der Waals surface area contributed by atoms with Gasteiger partial charge in [-0.2, -0.15) is 4.31 Å². The topological polar surface area (TPSA) is 76.2 Å². The molecule has 0 atom stereocenters. The third-order valence-electron chi connectivity index (χ3n) is 4.65. The summed E-state index contributed by atoms with van der Waals surface area (Å²) >= 11 is 0. The average Bonchev–Trinajstić information content (AvgIpc) is 2.74. The lowest BCUT2D eigenvalue weighted by Crippen LogP contribution is -2.50. The molecule has 0 unspecified atom stereocenters. The van der Waals surface area contributed by atoms with Crippen LogP contribution in [0.2, 0.25) is 0 Å². The minimum Gasteiger partial charge on any atom is -0.497 e. The van der Waals surface area contributed by atoms with Gasteiger partial charge in [-0.3, -0.25) is 4.79 Å². The Morgan fingerprint density at radius 1 is 0.897 bits per heavy atom. The summed E-state index contributed by atoms with van der Waals surface area (Å²) in [5, 5.41) is 0. The van der Waals surface area contributed by atoms with Crippen molar-refractivity contribution in [2.75, 3.05) is 40.4 Å². The van der Waals surface area contributed by atoms with E-state index in [9.17, 15) is 22.0 Å². The smallest absolute Gasteiger partial charge is 0.254 e. The summed E-state index contributed by atoms with van der Waals surface area (Å²) in [4.78, 5) is 14.0. The zero-order valence-corrected chi connectivity index (χ0v) is 16.7. The Hall–Kier alpha value is -2.72. The molecule has 2 aromatic carbocycles. The molecule has 2 aromatic rings. The van der Waals surface area contributed by atoms with Crippen molar-refractivity contribution >= 4 is 15.9 Å². The molecule has 1 fully saturated rings. The Morgan fingerprint density at radius 3 is 2.00 bits per heavy atom. The molecule has 0 aliphatic carbocycles. The molecule has 0 spiro atoms. The predicted octanol–water partition coefficient (Wildman–Crippen LogP) is 2.13. The van der Waals surface area contributed by atoms with E-state index >= 15 is 0 Å². The molecule has 1 aliphatic rings. The lowest BCUT2D eigenvalue weighted by molar-refractivity contribution is 0.0697. The van der Waals surface area contributed by atoms with Crippen molar-refractivity contribution in [3.63, 3.8) is 0 Å². The summed E-state index contributed by atoms with van der Waals surface area (Å²) in [6, 6.07) is 7.25. The summed E-state index contributed by atoms with van der Waals surface area (Å²) in [5.41, 5.74) is 0.359. The third kappa shape index (κ3) is 4.33.